The normalized spacial score (nSPS) is 17.2. The van der Waals surface area contributed by atoms with E-state index in [1.54, 1.807) is 24.3 Å². The zero-order valence-corrected chi connectivity index (χ0v) is 19.3. The molecule has 1 fully saturated rings. The van der Waals surface area contributed by atoms with E-state index in [2.05, 4.69) is 5.32 Å². The number of benzene rings is 1. The lowest BCUT2D eigenvalue weighted by molar-refractivity contribution is 0.0152. The summed E-state index contributed by atoms with van der Waals surface area (Å²) in [5.74, 6) is -0.595. The van der Waals surface area contributed by atoms with Crippen molar-refractivity contribution in [3.8, 4) is 0 Å². The van der Waals surface area contributed by atoms with Crippen molar-refractivity contribution in [2.24, 2.45) is 5.41 Å². The van der Waals surface area contributed by atoms with E-state index in [1.807, 2.05) is 11.6 Å². The number of rotatable bonds is 7. The van der Waals surface area contributed by atoms with Crippen molar-refractivity contribution in [2.75, 3.05) is 26.4 Å². The molecule has 2 aliphatic heterocycles. The molecule has 2 aromatic rings. The summed E-state index contributed by atoms with van der Waals surface area (Å²) >= 11 is 0. The van der Waals surface area contributed by atoms with Gasteiger partial charge in [-0.3, -0.25) is 14.3 Å². The Morgan fingerprint density at radius 3 is 2.73 bits per heavy atom. The summed E-state index contributed by atoms with van der Waals surface area (Å²) in [6.07, 6.45) is 3.87. The molecule has 0 aliphatic carbocycles. The molecular formula is C25H31N3O5. The van der Waals surface area contributed by atoms with Gasteiger partial charge >= 0.3 is 5.97 Å². The maximum absolute atomic E-state index is 12.9. The number of nitrogens with one attached hydrogen (secondary N) is 1. The van der Waals surface area contributed by atoms with Crippen molar-refractivity contribution in [3.63, 3.8) is 0 Å². The maximum Gasteiger partial charge on any atom is 0.338 e. The molecular weight excluding hydrogens is 422 g/mol. The Morgan fingerprint density at radius 1 is 1.24 bits per heavy atom. The smallest absolute Gasteiger partial charge is 0.338 e. The van der Waals surface area contributed by atoms with Crippen molar-refractivity contribution in [2.45, 2.75) is 52.5 Å². The third-order valence-corrected chi connectivity index (χ3v) is 6.66. The van der Waals surface area contributed by atoms with Gasteiger partial charge in [0.2, 0.25) is 0 Å². The van der Waals surface area contributed by atoms with Crippen LogP contribution in [0.4, 0.5) is 0 Å². The Hall–Kier alpha value is -3.00. The van der Waals surface area contributed by atoms with Gasteiger partial charge in [0, 0.05) is 38.3 Å². The van der Waals surface area contributed by atoms with E-state index in [4.69, 9.17) is 14.6 Å². The molecule has 1 aromatic heterocycles. The highest BCUT2D eigenvalue weighted by atomic mass is 16.5. The molecule has 1 saturated heterocycles. The van der Waals surface area contributed by atoms with Gasteiger partial charge < -0.3 is 14.8 Å². The van der Waals surface area contributed by atoms with Crippen LogP contribution >= 0.6 is 0 Å². The van der Waals surface area contributed by atoms with E-state index in [0.29, 0.717) is 55.8 Å². The fraction of sp³-hybridized carbons (Fsp3) is 0.520. The van der Waals surface area contributed by atoms with Gasteiger partial charge in [-0.15, -0.1) is 0 Å². The topological polar surface area (TPSA) is 99.5 Å². The second kappa shape index (κ2) is 9.87. The summed E-state index contributed by atoms with van der Waals surface area (Å²) in [6.45, 7) is 6.33. The van der Waals surface area contributed by atoms with Crippen molar-refractivity contribution >= 4 is 17.7 Å². The molecule has 1 amide bonds. The highest BCUT2D eigenvalue weighted by Gasteiger charge is 2.39. The minimum absolute atomic E-state index is 0.00382. The fourth-order valence-electron chi connectivity index (χ4n) is 4.69. The first-order valence-electron chi connectivity index (χ1n) is 11.6. The standard InChI is InChI=1S/C25H31N3O5/c1-3-20-22-21(15-25(16-26-23(22)30)8-12-32-13-9-25)28(27-20)10-5-11-33-24(31)19-7-4-6-18(14-19)17(2)29/h4,6-7,14H,3,5,8-13,15-16H2,1-2H3,(H,26,30). The molecule has 0 unspecified atom stereocenters. The monoisotopic (exact) mass is 453 g/mol. The van der Waals surface area contributed by atoms with E-state index >= 15 is 0 Å². The van der Waals surface area contributed by atoms with Crippen LogP contribution in [0.15, 0.2) is 24.3 Å². The number of aromatic nitrogens is 2. The number of amides is 1. The maximum atomic E-state index is 12.9. The summed E-state index contributed by atoms with van der Waals surface area (Å²) in [6, 6.07) is 6.55. The van der Waals surface area contributed by atoms with Crippen molar-refractivity contribution in [1.82, 2.24) is 15.1 Å². The number of ether oxygens (including phenoxy) is 2. The van der Waals surface area contributed by atoms with E-state index in [1.165, 1.54) is 6.92 Å². The summed E-state index contributed by atoms with van der Waals surface area (Å²) < 4.78 is 12.9. The van der Waals surface area contributed by atoms with Crippen molar-refractivity contribution < 1.29 is 23.9 Å². The molecule has 0 radical (unpaired) electrons. The zero-order valence-electron chi connectivity index (χ0n) is 19.3. The Kier molecular flexibility index (Phi) is 6.93. The van der Waals surface area contributed by atoms with E-state index < -0.39 is 5.97 Å². The van der Waals surface area contributed by atoms with Gasteiger partial charge in [-0.25, -0.2) is 4.79 Å². The summed E-state index contributed by atoms with van der Waals surface area (Å²) in [7, 11) is 0. The molecule has 8 heteroatoms. The number of hydrogen-bond acceptors (Lipinski definition) is 6. The Morgan fingerprint density at radius 2 is 2.00 bits per heavy atom. The summed E-state index contributed by atoms with van der Waals surface area (Å²) in [4.78, 5) is 36.8. The van der Waals surface area contributed by atoms with Crippen LogP contribution in [0.1, 0.15) is 75.6 Å². The minimum atomic E-state index is -0.452. The Bertz CT molecular complexity index is 1050. The van der Waals surface area contributed by atoms with Crippen LogP contribution < -0.4 is 5.32 Å². The van der Waals surface area contributed by atoms with Gasteiger partial charge in [-0.1, -0.05) is 19.1 Å². The van der Waals surface area contributed by atoms with Crippen LogP contribution in [-0.4, -0.2) is 53.8 Å². The molecule has 8 nitrogen and oxygen atoms in total. The largest absolute Gasteiger partial charge is 0.462 e. The van der Waals surface area contributed by atoms with Gasteiger partial charge in [0.25, 0.3) is 5.91 Å². The summed E-state index contributed by atoms with van der Waals surface area (Å²) in [5, 5.41) is 7.85. The minimum Gasteiger partial charge on any atom is -0.462 e. The van der Waals surface area contributed by atoms with E-state index in [9.17, 15) is 14.4 Å². The quantitative estimate of drug-likeness (QED) is 0.393. The molecule has 2 aliphatic rings. The molecule has 176 valence electrons. The third-order valence-electron chi connectivity index (χ3n) is 6.66. The Balaban J connectivity index is 1.44. The van der Waals surface area contributed by atoms with Gasteiger partial charge in [0.15, 0.2) is 5.78 Å². The molecule has 0 atom stereocenters. The second-order valence-corrected chi connectivity index (χ2v) is 8.94. The van der Waals surface area contributed by atoms with E-state index in [0.717, 1.165) is 30.7 Å². The number of hydrogen-bond donors (Lipinski definition) is 1. The van der Waals surface area contributed by atoms with Crippen LogP contribution in [0.25, 0.3) is 0 Å². The number of esters is 1. The predicted octanol–water partition coefficient (Wildman–Crippen LogP) is 2.98. The first-order valence-corrected chi connectivity index (χ1v) is 11.6. The number of aryl methyl sites for hydroxylation is 2. The Labute approximate surface area is 193 Å². The fourth-order valence-corrected chi connectivity index (χ4v) is 4.69. The molecule has 1 spiro atoms. The van der Waals surface area contributed by atoms with Gasteiger partial charge in [-0.2, -0.15) is 5.10 Å². The molecule has 0 saturated carbocycles. The zero-order chi connectivity index (χ0) is 23.4. The number of ketones is 1. The molecule has 3 heterocycles. The lowest BCUT2D eigenvalue weighted by Crippen LogP contribution is -2.40. The van der Waals surface area contributed by atoms with Crippen LogP contribution in [0.3, 0.4) is 0 Å². The van der Waals surface area contributed by atoms with Gasteiger partial charge in [0.05, 0.1) is 29.1 Å². The number of carbonyl (C=O) groups excluding carboxylic acids is 3. The van der Waals surface area contributed by atoms with Crippen LogP contribution in [-0.2, 0) is 28.9 Å². The molecule has 0 bridgehead atoms. The average Bonchev–Trinajstić information content (AvgIpc) is 3.10. The number of Topliss-reactive ketones (excluding diaryl/α,β-unsaturated/α-hetero) is 1. The number of carbonyl (C=O) groups is 3. The first kappa shape index (κ1) is 23.2. The predicted molar refractivity (Wildman–Crippen MR) is 121 cm³/mol. The SMILES string of the molecule is CCc1nn(CCCOC(=O)c2cccc(C(C)=O)c2)c2c1C(=O)NCC1(CCOCC1)C2. The highest BCUT2D eigenvalue weighted by molar-refractivity contribution is 5.98. The second-order valence-electron chi connectivity index (χ2n) is 8.94. The highest BCUT2D eigenvalue weighted by Crippen LogP contribution is 2.37. The average molecular weight is 454 g/mol. The molecule has 1 N–H and O–H groups in total. The lowest BCUT2D eigenvalue weighted by Gasteiger charge is -2.36. The van der Waals surface area contributed by atoms with Gasteiger partial charge in [0.1, 0.15) is 0 Å². The summed E-state index contributed by atoms with van der Waals surface area (Å²) in [5.41, 5.74) is 3.34. The molecule has 1 aromatic carbocycles. The van der Waals surface area contributed by atoms with Gasteiger partial charge in [-0.05, 0) is 50.2 Å². The lowest BCUT2D eigenvalue weighted by atomic mass is 9.76. The first-order chi connectivity index (χ1) is 15.9. The van der Waals surface area contributed by atoms with Crippen LogP contribution in [0, 0.1) is 5.41 Å². The molecule has 4 rings (SSSR count). The number of fused-ring (bicyclic) bond motifs is 1. The number of nitrogens with zero attached hydrogens (tertiary/aromatic N) is 2. The van der Waals surface area contributed by atoms with E-state index in [-0.39, 0.29) is 23.7 Å². The third kappa shape index (κ3) is 5.00. The molecule has 33 heavy (non-hydrogen) atoms. The van der Waals surface area contributed by atoms with Crippen LogP contribution in [0.2, 0.25) is 0 Å². The van der Waals surface area contributed by atoms with Crippen molar-refractivity contribution in [3.05, 3.63) is 52.3 Å². The van der Waals surface area contributed by atoms with Crippen LogP contribution in [0.5, 0.6) is 0 Å². The van der Waals surface area contributed by atoms with Crippen molar-refractivity contribution in [1.29, 1.82) is 0 Å².